The van der Waals surface area contributed by atoms with Crippen LogP contribution in [-0.4, -0.2) is 4.57 Å². The van der Waals surface area contributed by atoms with E-state index in [2.05, 4.69) is 6.58 Å². The van der Waals surface area contributed by atoms with Gasteiger partial charge in [-0.3, -0.25) is 0 Å². The van der Waals surface area contributed by atoms with Crippen molar-refractivity contribution in [2.75, 3.05) is 5.73 Å². The van der Waals surface area contributed by atoms with Crippen LogP contribution in [0.2, 0.25) is 0 Å². The average molecular weight is 386 g/mol. The van der Waals surface area contributed by atoms with Crippen molar-refractivity contribution in [1.82, 2.24) is 4.57 Å². The summed E-state index contributed by atoms with van der Waals surface area (Å²) in [4.78, 5) is 0. The zero-order valence-electron chi connectivity index (χ0n) is 16.7. The van der Waals surface area contributed by atoms with E-state index < -0.39 is 11.9 Å². The molecule has 0 saturated heterocycles. The van der Waals surface area contributed by atoms with Crippen LogP contribution in [0.3, 0.4) is 0 Å². The maximum atomic E-state index is 13.7. The Morgan fingerprint density at radius 2 is 1.75 bits per heavy atom. The number of alkyl halides is 3. The van der Waals surface area contributed by atoms with Gasteiger partial charge in [-0.1, -0.05) is 42.0 Å². The summed E-state index contributed by atoms with van der Waals surface area (Å²) in [7, 11) is 0. The van der Waals surface area contributed by atoms with Crippen LogP contribution in [0, 0.1) is 13.8 Å². The molecule has 1 aromatic heterocycles. The third kappa shape index (κ3) is 3.30. The molecule has 0 fully saturated rings. The molecule has 0 bridgehead atoms. The summed E-state index contributed by atoms with van der Waals surface area (Å²) >= 11 is 0. The molecular formula is C23H25F3N2. The van der Waals surface area contributed by atoms with E-state index in [1.54, 1.807) is 6.92 Å². The molecule has 28 heavy (non-hydrogen) atoms. The van der Waals surface area contributed by atoms with E-state index in [4.69, 9.17) is 5.73 Å². The Hall–Kier alpha value is -2.69. The molecule has 0 aliphatic rings. The van der Waals surface area contributed by atoms with Crippen molar-refractivity contribution in [2.45, 2.75) is 46.8 Å². The molecule has 0 aliphatic carbocycles. The maximum Gasteiger partial charge on any atom is 0.431 e. The highest BCUT2D eigenvalue weighted by molar-refractivity contribution is 6.05. The molecule has 2 aromatic carbocycles. The van der Waals surface area contributed by atoms with Gasteiger partial charge in [0.05, 0.1) is 11.2 Å². The van der Waals surface area contributed by atoms with Gasteiger partial charge in [-0.05, 0) is 62.4 Å². The molecule has 3 aromatic rings. The van der Waals surface area contributed by atoms with Crippen LogP contribution in [0.4, 0.5) is 18.9 Å². The molecule has 0 radical (unpaired) electrons. The molecule has 1 heterocycles. The Morgan fingerprint density at radius 3 is 2.25 bits per heavy atom. The number of nitrogen functional groups attached to an aromatic ring is 1. The number of nitrogens with two attached hydrogens (primary N) is 1. The first kappa shape index (κ1) is 20.1. The fourth-order valence-electron chi connectivity index (χ4n) is 3.86. The predicted octanol–water partition coefficient (Wildman–Crippen LogP) is 6.66. The van der Waals surface area contributed by atoms with Gasteiger partial charge in [0, 0.05) is 11.9 Å². The smallest absolute Gasteiger partial charge is 0.397 e. The number of fused-ring (bicyclic) bond motifs is 1. The minimum Gasteiger partial charge on any atom is -0.397 e. The molecule has 2 N–H and O–H groups in total. The number of allylic oxidation sites excluding steroid dienone is 1. The van der Waals surface area contributed by atoms with E-state index in [1.165, 1.54) is 10.6 Å². The lowest BCUT2D eigenvalue weighted by Crippen LogP contribution is -2.13. The van der Waals surface area contributed by atoms with Gasteiger partial charge in [0.2, 0.25) is 0 Å². The molecule has 0 aliphatic heterocycles. The summed E-state index contributed by atoms with van der Waals surface area (Å²) in [6, 6.07) is 9.10. The van der Waals surface area contributed by atoms with Crippen LogP contribution >= 0.6 is 0 Å². The topological polar surface area (TPSA) is 30.9 Å². The third-order valence-electron chi connectivity index (χ3n) is 5.21. The van der Waals surface area contributed by atoms with Gasteiger partial charge in [-0.15, -0.1) is 0 Å². The number of aryl methyl sites for hydroxylation is 2. The highest BCUT2D eigenvalue weighted by Gasteiger charge is 2.36. The minimum absolute atomic E-state index is 0.190. The van der Waals surface area contributed by atoms with Crippen LogP contribution in [-0.2, 0) is 19.1 Å². The summed E-state index contributed by atoms with van der Waals surface area (Å²) < 4.78 is 42.5. The van der Waals surface area contributed by atoms with Gasteiger partial charge >= 0.3 is 6.18 Å². The van der Waals surface area contributed by atoms with Crippen LogP contribution in [0.15, 0.2) is 42.5 Å². The number of anilines is 1. The van der Waals surface area contributed by atoms with Gasteiger partial charge < -0.3 is 10.3 Å². The Balaban J connectivity index is 2.52. The molecule has 2 nitrogen and oxygen atoms in total. The molecule has 0 saturated carbocycles. The van der Waals surface area contributed by atoms with Crippen molar-refractivity contribution < 1.29 is 13.2 Å². The monoisotopic (exact) mass is 386 g/mol. The van der Waals surface area contributed by atoms with E-state index >= 15 is 0 Å². The third-order valence-corrected chi connectivity index (χ3v) is 5.21. The number of halogens is 3. The lowest BCUT2D eigenvalue weighted by atomic mass is 9.88. The van der Waals surface area contributed by atoms with Crippen molar-refractivity contribution in [1.29, 1.82) is 0 Å². The zero-order valence-corrected chi connectivity index (χ0v) is 16.7. The summed E-state index contributed by atoms with van der Waals surface area (Å²) in [6.07, 6.45) is -3.89. The van der Waals surface area contributed by atoms with Crippen LogP contribution in [0.25, 0.3) is 22.0 Å². The first-order chi connectivity index (χ1) is 13.1. The molecular weight excluding hydrogens is 361 g/mol. The summed E-state index contributed by atoms with van der Waals surface area (Å²) in [5.41, 5.74) is 12.0. The van der Waals surface area contributed by atoms with Crippen LogP contribution in [0.5, 0.6) is 0 Å². The number of hydrogen-bond acceptors (Lipinski definition) is 1. The second-order valence-corrected chi connectivity index (χ2v) is 7.43. The van der Waals surface area contributed by atoms with E-state index in [-0.39, 0.29) is 6.54 Å². The summed E-state index contributed by atoms with van der Waals surface area (Å²) in [5, 5.41) is 0.539. The van der Waals surface area contributed by atoms with Crippen LogP contribution < -0.4 is 5.73 Å². The Labute approximate surface area is 163 Å². The number of hydrogen-bond donors (Lipinski definition) is 1. The molecule has 0 unspecified atom stereocenters. The SMILES string of the molecule is C=C(C)Cc1c(C)c(N)c2c(cc(C(F)(F)F)n2CC)c1-c1ccc(C)cc1. The second kappa shape index (κ2) is 7.04. The highest BCUT2D eigenvalue weighted by Crippen LogP contribution is 2.44. The fraction of sp³-hybridized carbons (Fsp3) is 0.304. The summed E-state index contributed by atoms with van der Waals surface area (Å²) in [6.45, 7) is 11.7. The Morgan fingerprint density at radius 1 is 1.14 bits per heavy atom. The Kier molecular flexibility index (Phi) is 5.04. The van der Waals surface area contributed by atoms with E-state index in [1.807, 2.05) is 45.0 Å². The predicted molar refractivity (Wildman–Crippen MR) is 110 cm³/mol. The number of benzene rings is 2. The zero-order chi connectivity index (χ0) is 20.8. The van der Waals surface area contributed by atoms with Gasteiger partial charge in [0.15, 0.2) is 0 Å². The van der Waals surface area contributed by atoms with Gasteiger partial charge in [-0.25, -0.2) is 0 Å². The van der Waals surface area contributed by atoms with Crippen molar-refractivity contribution in [3.05, 3.63) is 64.9 Å². The van der Waals surface area contributed by atoms with E-state index in [9.17, 15) is 13.2 Å². The Bertz CT molecular complexity index is 1050. The molecule has 148 valence electrons. The van der Waals surface area contributed by atoms with Crippen molar-refractivity contribution in [3.8, 4) is 11.1 Å². The molecule has 5 heteroatoms. The lowest BCUT2D eigenvalue weighted by Gasteiger charge is -2.19. The van der Waals surface area contributed by atoms with E-state index in [0.29, 0.717) is 23.0 Å². The van der Waals surface area contributed by atoms with Crippen molar-refractivity contribution >= 4 is 16.6 Å². The number of aromatic nitrogens is 1. The van der Waals surface area contributed by atoms with Crippen LogP contribution in [0.1, 0.15) is 36.2 Å². The number of rotatable bonds is 4. The first-order valence-electron chi connectivity index (χ1n) is 9.29. The van der Waals surface area contributed by atoms with Gasteiger partial charge in [0.25, 0.3) is 0 Å². The number of nitrogens with zero attached hydrogens (tertiary/aromatic N) is 1. The highest BCUT2D eigenvalue weighted by atomic mass is 19.4. The average Bonchev–Trinajstić information content (AvgIpc) is 3.00. The largest absolute Gasteiger partial charge is 0.431 e. The normalized spacial score (nSPS) is 12.0. The van der Waals surface area contributed by atoms with Gasteiger partial charge in [-0.2, -0.15) is 13.2 Å². The lowest BCUT2D eigenvalue weighted by molar-refractivity contribution is -0.143. The van der Waals surface area contributed by atoms with Crippen molar-refractivity contribution in [2.24, 2.45) is 0 Å². The summed E-state index contributed by atoms with van der Waals surface area (Å²) in [5.74, 6) is 0. The van der Waals surface area contributed by atoms with Crippen molar-refractivity contribution in [3.63, 3.8) is 0 Å². The quantitative estimate of drug-likeness (QED) is 0.394. The standard InChI is InChI=1S/C23H25F3N2/c1-6-28-19(23(24,25)26)12-18-20(16-9-7-14(4)8-10-16)17(11-13(2)3)15(5)21(27)22(18)28/h7-10,12H,2,6,11,27H2,1,3-5H3. The first-order valence-corrected chi connectivity index (χ1v) is 9.29. The van der Waals surface area contributed by atoms with Gasteiger partial charge in [0.1, 0.15) is 5.69 Å². The minimum atomic E-state index is -4.45. The maximum absolute atomic E-state index is 13.7. The molecule has 0 amide bonds. The van der Waals surface area contributed by atoms with E-state index in [0.717, 1.165) is 33.4 Å². The second-order valence-electron chi connectivity index (χ2n) is 7.43. The molecule has 0 spiro atoms. The fourth-order valence-corrected chi connectivity index (χ4v) is 3.86. The molecule has 3 rings (SSSR count). The molecule has 0 atom stereocenters.